The van der Waals surface area contributed by atoms with E-state index in [-0.39, 0.29) is 29.0 Å². The number of ketones is 1. The van der Waals surface area contributed by atoms with E-state index in [9.17, 15) is 19.8 Å². The standard InChI is InChI=1S/C32H32N2O4/c1-19-12-13-22(32(2,3)4)17-25(19)29(36)27-28(20-8-7-9-23(35)16-20)34(31(38)30(27)37)15-14-21-18-33-26-11-6-5-10-24(21)26/h5-13,16-18,28,33,35-36H,14-15H2,1-4H3/b29-27+. The third-order valence-electron chi connectivity index (χ3n) is 7.38. The van der Waals surface area contributed by atoms with Crippen LogP contribution in [0, 0.1) is 6.92 Å². The first-order valence-corrected chi connectivity index (χ1v) is 12.8. The zero-order valence-electron chi connectivity index (χ0n) is 22.1. The van der Waals surface area contributed by atoms with Gasteiger partial charge in [0.15, 0.2) is 0 Å². The normalized spacial score (nSPS) is 17.5. The molecule has 1 fully saturated rings. The van der Waals surface area contributed by atoms with Crippen LogP contribution in [-0.4, -0.2) is 38.3 Å². The number of aromatic amines is 1. The van der Waals surface area contributed by atoms with Gasteiger partial charge < -0.3 is 20.1 Å². The number of para-hydroxylation sites is 1. The fraction of sp³-hybridized carbons (Fsp3) is 0.250. The monoisotopic (exact) mass is 508 g/mol. The molecule has 1 aliphatic heterocycles. The molecule has 5 rings (SSSR count). The second kappa shape index (κ2) is 9.53. The van der Waals surface area contributed by atoms with E-state index in [1.54, 1.807) is 24.3 Å². The van der Waals surface area contributed by atoms with Gasteiger partial charge in [0.2, 0.25) is 0 Å². The van der Waals surface area contributed by atoms with Crippen LogP contribution >= 0.6 is 0 Å². The van der Waals surface area contributed by atoms with Crippen LogP contribution < -0.4 is 0 Å². The number of nitrogens with zero attached hydrogens (tertiary/aromatic N) is 1. The maximum absolute atomic E-state index is 13.5. The molecule has 1 atom stereocenters. The summed E-state index contributed by atoms with van der Waals surface area (Å²) in [7, 11) is 0. The molecule has 0 saturated carbocycles. The Hall–Kier alpha value is -4.32. The van der Waals surface area contributed by atoms with Crippen molar-refractivity contribution >= 4 is 28.4 Å². The molecule has 0 bridgehead atoms. The number of Topliss-reactive ketones (excluding diaryl/α,β-unsaturated/α-hetero) is 1. The number of hydrogen-bond donors (Lipinski definition) is 3. The lowest BCUT2D eigenvalue weighted by molar-refractivity contribution is -0.139. The molecule has 38 heavy (non-hydrogen) atoms. The Kier molecular flexibility index (Phi) is 6.35. The summed E-state index contributed by atoms with van der Waals surface area (Å²) in [5, 5.41) is 22.9. The van der Waals surface area contributed by atoms with Crippen LogP contribution in [-0.2, 0) is 21.4 Å². The van der Waals surface area contributed by atoms with E-state index < -0.39 is 17.7 Å². The van der Waals surface area contributed by atoms with Gasteiger partial charge in [0.25, 0.3) is 11.7 Å². The molecule has 3 aromatic carbocycles. The summed E-state index contributed by atoms with van der Waals surface area (Å²) in [6, 6.07) is 19.5. The largest absolute Gasteiger partial charge is 0.508 e. The van der Waals surface area contributed by atoms with Gasteiger partial charge in [-0.05, 0) is 65.3 Å². The molecule has 194 valence electrons. The maximum Gasteiger partial charge on any atom is 0.295 e. The van der Waals surface area contributed by atoms with Crippen molar-refractivity contribution in [1.29, 1.82) is 0 Å². The van der Waals surface area contributed by atoms with Crippen LogP contribution in [0.2, 0.25) is 0 Å². The predicted molar refractivity (Wildman–Crippen MR) is 149 cm³/mol. The van der Waals surface area contributed by atoms with Gasteiger partial charge in [-0.25, -0.2) is 0 Å². The van der Waals surface area contributed by atoms with Crippen molar-refractivity contribution in [2.24, 2.45) is 0 Å². The van der Waals surface area contributed by atoms with Gasteiger partial charge in [-0.3, -0.25) is 9.59 Å². The van der Waals surface area contributed by atoms with Crippen molar-refractivity contribution in [3.8, 4) is 5.75 Å². The lowest BCUT2D eigenvalue weighted by atomic mass is 9.84. The number of aromatic nitrogens is 1. The number of likely N-dealkylation sites (tertiary alicyclic amines) is 1. The summed E-state index contributed by atoms with van der Waals surface area (Å²) < 4.78 is 0. The Balaban J connectivity index is 1.61. The summed E-state index contributed by atoms with van der Waals surface area (Å²) in [6.07, 6.45) is 2.44. The van der Waals surface area contributed by atoms with Crippen molar-refractivity contribution in [1.82, 2.24) is 9.88 Å². The molecule has 0 spiro atoms. The SMILES string of the molecule is Cc1ccc(C(C)(C)C)cc1/C(O)=C1\C(=O)C(=O)N(CCc2c[nH]c3ccccc23)C1c1cccc(O)c1. The number of aromatic hydroxyl groups is 1. The molecule has 1 saturated heterocycles. The number of nitrogens with one attached hydrogen (secondary N) is 1. The molecular weight excluding hydrogens is 476 g/mol. The summed E-state index contributed by atoms with van der Waals surface area (Å²) >= 11 is 0. The number of fused-ring (bicyclic) bond motifs is 1. The van der Waals surface area contributed by atoms with Gasteiger partial charge in [-0.2, -0.15) is 0 Å². The third-order valence-corrected chi connectivity index (χ3v) is 7.38. The Morgan fingerprint density at radius 2 is 1.76 bits per heavy atom. The van der Waals surface area contributed by atoms with Gasteiger partial charge in [0.05, 0.1) is 11.6 Å². The lowest BCUT2D eigenvalue weighted by Gasteiger charge is -2.26. The minimum absolute atomic E-state index is 0.0237. The van der Waals surface area contributed by atoms with Gasteiger partial charge in [0.1, 0.15) is 11.5 Å². The number of carbonyl (C=O) groups is 2. The van der Waals surface area contributed by atoms with Crippen molar-refractivity contribution in [2.45, 2.75) is 45.6 Å². The van der Waals surface area contributed by atoms with E-state index in [1.165, 1.54) is 4.90 Å². The smallest absolute Gasteiger partial charge is 0.295 e. The molecule has 0 aliphatic carbocycles. The molecule has 1 aliphatic rings. The van der Waals surface area contributed by atoms with E-state index in [0.29, 0.717) is 17.5 Å². The van der Waals surface area contributed by atoms with Crippen LogP contribution in [0.4, 0.5) is 0 Å². The van der Waals surface area contributed by atoms with Crippen molar-refractivity contribution in [3.05, 3.63) is 106 Å². The Bertz CT molecular complexity index is 1590. The number of phenolic OH excluding ortho intramolecular Hbond substituents is 1. The fourth-order valence-electron chi connectivity index (χ4n) is 5.22. The van der Waals surface area contributed by atoms with Crippen LogP contribution in [0.5, 0.6) is 5.75 Å². The number of benzene rings is 3. The first kappa shape index (κ1) is 25.3. The number of aliphatic hydroxyl groups is 1. The number of aryl methyl sites for hydroxylation is 1. The van der Waals surface area contributed by atoms with Gasteiger partial charge >= 0.3 is 0 Å². The van der Waals surface area contributed by atoms with Crippen molar-refractivity contribution in [3.63, 3.8) is 0 Å². The zero-order valence-corrected chi connectivity index (χ0v) is 22.1. The average molecular weight is 509 g/mol. The summed E-state index contributed by atoms with van der Waals surface area (Å²) in [6.45, 7) is 8.39. The maximum atomic E-state index is 13.5. The second-order valence-electron chi connectivity index (χ2n) is 11.0. The molecule has 4 aromatic rings. The zero-order chi connectivity index (χ0) is 27.2. The Morgan fingerprint density at radius 1 is 1.00 bits per heavy atom. The van der Waals surface area contributed by atoms with Crippen LogP contribution in [0.3, 0.4) is 0 Å². The number of rotatable bonds is 5. The molecular formula is C32H32N2O4. The van der Waals surface area contributed by atoms with E-state index in [0.717, 1.165) is 27.6 Å². The molecule has 1 unspecified atom stereocenters. The summed E-state index contributed by atoms with van der Waals surface area (Å²) in [4.78, 5) is 31.7. The highest BCUT2D eigenvalue weighted by Crippen LogP contribution is 2.41. The quantitative estimate of drug-likeness (QED) is 0.171. The lowest BCUT2D eigenvalue weighted by Crippen LogP contribution is -2.31. The average Bonchev–Trinajstić information content (AvgIpc) is 3.40. The Labute approximate surface area is 222 Å². The highest BCUT2D eigenvalue weighted by atomic mass is 16.3. The molecule has 0 radical (unpaired) electrons. The van der Waals surface area contributed by atoms with E-state index >= 15 is 0 Å². The second-order valence-corrected chi connectivity index (χ2v) is 11.0. The molecule has 3 N–H and O–H groups in total. The topological polar surface area (TPSA) is 93.6 Å². The summed E-state index contributed by atoms with van der Waals surface area (Å²) in [5.74, 6) is -1.56. The summed E-state index contributed by atoms with van der Waals surface area (Å²) in [5.41, 5.74) is 4.80. The minimum Gasteiger partial charge on any atom is -0.508 e. The Morgan fingerprint density at radius 3 is 2.50 bits per heavy atom. The molecule has 6 heteroatoms. The van der Waals surface area contributed by atoms with Crippen molar-refractivity contribution in [2.75, 3.05) is 6.54 Å². The van der Waals surface area contributed by atoms with Crippen LogP contribution in [0.15, 0.2) is 78.5 Å². The van der Waals surface area contributed by atoms with Gasteiger partial charge in [-0.15, -0.1) is 0 Å². The first-order chi connectivity index (χ1) is 18.1. The number of aliphatic hydroxyl groups excluding tert-OH is 1. The highest BCUT2D eigenvalue weighted by molar-refractivity contribution is 6.46. The van der Waals surface area contributed by atoms with Gasteiger partial charge in [-0.1, -0.05) is 63.2 Å². The molecule has 6 nitrogen and oxygen atoms in total. The van der Waals surface area contributed by atoms with Gasteiger partial charge in [0, 0.05) is 29.2 Å². The fourth-order valence-corrected chi connectivity index (χ4v) is 5.22. The van der Waals surface area contributed by atoms with Crippen LogP contribution in [0.25, 0.3) is 16.7 Å². The van der Waals surface area contributed by atoms with E-state index in [4.69, 9.17) is 0 Å². The number of phenols is 1. The number of H-pyrrole nitrogens is 1. The number of amides is 1. The van der Waals surface area contributed by atoms with Crippen LogP contribution in [0.1, 0.15) is 54.6 Å². The predicted octanol–water partition coefficient (Wildman–Crippen LogP) is 6.14. The highest BCUT2D eigenvalue weighted by Gasteiger charge is 2.46. The number of carbonyl (C=O) groups excluding carboxylic acids is 2. The molecule has 1 aromatic heterocycles. The number of hydrogen-bond acceptors (Lipinski definition) is 4. The van der Waals surface area contributed by atoms with E-state index in [1.807, 2.05) is 55.6 Å². The third kappa shape index (κ3) is 4.47. The van der Waals surface area contributed by atoms with E-state index in [2.05, 4.69) is 25.8 Å². The molecule has 1 amide bonds. The molecule has 2 heterocycles. The first-order valence-electron chi connectivity index (χ1n) is 12.8. The minimum atomic E-state index is -0.829. The van der Waals surface area contributed by atoms with Crippen molar-refractivity contribution < 1.29 is 19.8 Å².